The molecule has 1 aromatic carbocycles. The molecule has 0 spiro atoms. The summed E-state index contributed by atoms with van der Waals surface area (Å²) >= 11 is 0. The van der Waals surface area contributed by atoms with E-state index in [1.807, 2.05) is 44.3 Å². The topological polar surface area (TPSA) is 92.9 Å². The Kier molecular flexibility index (Phi) is 5.20. The Morgan fingerprint density at radius 1 is 1.23 bits per heavy atom. The van der Waals surface area contributed by atoms with Gasteiger partial charge in [-0.2, -0.15) is 0 Å². The number of aliphatic carboxylic acids is 1. The molecule has 4 aromatic rings. The molecule has 2 atom stereocenters. The van der Waals surface area contributed by atoms with E-state index < -0.39 is 12.0 Å². The lowest BCUT2D eigenvalue weighted by molar-refractivity contribution is -0.137. The largest absolute Gasteiger partial charge is 0.481 e. The van der Waals surface area contributed by atoms with Crippen LogP contribution < -0.4 is 5.69 Å². The summed E-state index contributed by atoms with van der Waals surface area (Å²) in [6, 6.07) is 9.10. The van der Waals surface area contributed by atoms with Crippen LogP contribution >= 0.6 is 0 Å². The van der Waals surface area contributed by atoms with Crippen molar-refractivity contribution >= 4 is 28.0 Å². The number of aromatic nitrogens is 4. The second kappa shape index (κ2) is 7.82. The Morgan fingerprint density at radius 3 is 2.77 bits per heavy atom. The zero-order chi connectivity index (χ0) is 21.4. The van der Waals surface area contributed by atoms with Gasteiger partial charge in [0.15, 0.2) is 5.65 Å². The molecule has 7 heteroatoms. The molecule has 156 valence electrons. The van der Waals surface area contributed by atoms with E-state index in [0.717, 1.165) is 28.5 Å². The highest BCUT2D eigenvalue weighted by atomic mass is 16.4. The number of benzene rings is 1. The van der Waals surface area contributed by atoms with Crippen LogP contribution in [0, 0.1) is 6.92 Å². The maximum atomic E-state index is 13.6. The third-order valence-electron chi connectivity index (χ3n) is 5.85. The molecule has 4 rings (SSSR count). The molecule has 0 fully saturated rings. The number of hydrogen-bond donors (Lipinski definition) is 2. The van der Waals surface area contributed by atoms with Gasteiger partial charge in [0, 0.05) is 28.9 Å². The third kappa shape index (κ3) is 3.20. The lowest BCUT2D eigenvalue weighted by Crippen LogP contribution is -2.30. The van der Waals surface area contributed by atoms with Crippen molar-refractivity contribution in [3.05, 3.63) is 64.3 Å². The Labute approximate surface area is 174 Å². The standard InChI is InChI=1S/C23H26N4O3/c1-4-7-16(12-20(28)29)27-22-19(10-6-11-24-22)26(23(27)30)15(3)17-13-25-18-9-5-8-14(2)21(17)18/h5-6,8-11,13,15-16,25H,4,7,12H2,1-3H3,(H,28,29). The van der Waals surface area contributed by atoms with Gasteiger partial charge in [-0.1, -0.05) is 25.5 Å². The molecule has 3 heterocycles. The van der Waals surface area contributed by atoms with Crippen molar-refractivity contribution in [3.8, 4) is 0 Å². The first-order valence-electron chi connectivity index (χ1n) is 10.3. The molecule has 0 aliphatic heterocycles. The minimum absolute atomic E-state index is 0.107. The second-order valence-electron chi connectivity index (χ2n) is 7.83. The molecule has 0 amide bonds. The van der Waals surface area contributed by atoms with Gasteiger partial charge >= 0.3 is 11.7 Å². The SMILES string of the molecule is CCCC(CC(=O)O)n1c(=O)n(C(C)c2c[nH]c3cccc(C)c23)c2cccnc21. The van der Waals surface area contributed by atoms with Crippen LogP contribution in [0.3, 0.4) is 0 Å². The first-order chi connectivity index (χ1) is 14.4. The molecule has 30 heavy (non-hydrogen) atoms. The van der Waals surface area contributed by atoms with E-state index in [0.29, 0.717) is 17.6 Å². The molecule has 0 aliphatic rings. The van der Waals surface area contributed by atoms with Crippen molar-refractivity contribution in [3.63, 3.8) is 0 Å². The average molecular weight is 406 g/mol. The number of fused-ring (bicyclic) bond motifs is 2. The molecule has 7 nitrogen and oxygen atoms in total. The minimum Gasteiger partial charge on any atom is -0.481 e. The molecule has 2 unspecified atom stereocenters. The highest BCUT2D eigenvalue weighted by molar-refractivity contribution is 5.87. The molecule has 0 saturated carbocycles. The summed E-state index contributed by atoms with van der Waals surface area (Å²) < 4.78 is 3.31. The summed E-state index contributed by atoms with van der Waals surface area (Å²) in [5, 5.41) is 10.5. The number of aromatic amines is 1. The number of nitrogens with zero attached hydrogens (tertiary/aromatic N) is 3. The van der Waals surface area contributed by atoms with E-state index in [1.165, 1.54) is 0 Å². The van der Waals surface area contributed by atoms with Gasteiger partial charge in [-0.3, -0.25) is 13.9 Å². The Hall–Kier alpha value is -3.35. The summed E-state index contributed by atoms with van der Waals surface area (Å²) in [7, 11) is 0. The lowest BCUT2D eigenvalue weighted by Gasteiger charge is -2.16. The van der Waals surface area contributed by atoms with Crippen molar-refractivity contribution < 1.29 is 9.90 Å². The first-order valence-corrected chi connectivity index (χ1v) is 10.3. The monoisotopic (exact) mass is 406 g/mol. The van der Waals surface area contributed by atoms with Crippen LogP contribution in [-0.2, 0) is 4.79 Å². The molecule has 3 aromatic heterocycles. The molecule has 0 radical (unpaired) electrons. The van der Waals surface area contributed by atoms with E-state index in [2.05, 4.69) is 23.0 Å². The summed E-state index contributed by atoms with van der Waals surface area (Å²) in [4.78, 5) is 32.9. The van der Waals surface area contributed by atoms with Crippen molar-refractivity contribution in [2.45, 2.75) is 52.1 Å². The van der Waals surface area contributed by atoms with E-state index in [1.54, 1.807) is 15.3 Å². The highest BCUT2D eigenvalue weighted by Crippen LogP contribution is 2.31. The van der Waals surface area contributed by atoms with Crippen molar-refractivity contribution in [2.24, 2.45) is 0 Å². The van der Waals surface area contributed by atoms with Gasteiger partial charge in [0.25, 0.3) is 0 Å². The van der Waals surface area contributed by atoms with Crippen LogP contribution in [0.5, 0.6) is 0 Å². The van der Waals surface area contributed by atoms with Gasteiger partial charge in [-0.15, -0.1) is 0 Å². The van der Waals surface area contributed by atoms with Crippen LogP contribution in [0.15, 0.2) is 47.5 Å². The normalized spacial score (nSPS) is 13.7. The Balaban J connectivity index is 1.94. The molecule has 0 aliphatic carbocycles. The number of carboxylic acids is 1. The van der Waals surface area contributed by atoms with Gasteiger partial charge in [0.2, 0.25) is 0 Å². The molecular weight excluding hydrogens is 380 g/mol. The van der Waals surface area contributed by atoms with Crippen LogP contribution in [0.4, 0.5) is 0 Å². The fraction of sp³-hybridized carbons (Fsp3) is 0.348. The number of hydrogen-bond acceptors (Lipinski definition) is 3. The number of H-pyrrole nitrogens is 1. The van der Waals surface area contributed by atoms with Crippen LogP contribution in [-0.4, -0.2) is 30.2 Å². The summed E-state index contributed by atoms with van der Waals surface area (Å²) in [5.41, 5.74) is 4.22. The third-order valence-corrected chi connectivity index (χ3v) is 5.85. The van der Waals surface area contributed by atoms with E-state index in [4.69, 9.17) is 0 Å². The number of imidazole rings is 1. The molecule has 2 N–H and O–H groups in total. The maximum Gasteiger partial charge on any atom is 0.331 e. The van der Waals surface area contributed by atoms with E-state index >= 15 is 0 Å². The summed E-state index contributed by atoms with van der Waals surface area (Å²) in [6.07, 6.45) is 4.87. The number of carboxylic acid groups (broad SMARTS) is 1. The average Bonchev–Trinajstić information content (AvgIpc) is 3.26. The zero-order valence-corrected chi connectivity index (χ0v) is 17.4. The maximum absolute atomic E-state index is 13.6. The second-order valence-corrected chi connectivity index (χ2v) is 7.83. The predicted molar refractivity (Wildman–Crippen MR) is 117 cm³/mol. The van der Waals surface area contributed by atoms with Gasteiger partial charge in [0.1, 0.15) is 0 Å². The van der Waals surface area contributed by atoms with Gasteiger partial charge < -0.3 is 10.1 Å². The smallest absolute Gasteiger partial charge is 0.331 e. The number of pyridine rings is 1. The Morgan fingerprint density at radius 2 is 2.03 bits per heavy atom. The van der Waals surface area contributed by atoms with Gasteiger partial charge in [-0.25, -0.2) is 9.78 Å². The summed E-state index contributed by atoms with van der Waals surface area (Å²) in [6.45, 7) is 6.05. The predicted octanol–water partition coefficient (Wildman–Crippen LogP) is 4.41. The van der Waals surface area contributed by atoms with Crippen molar-refractivity contribution in [2.75, 3.05) is 0 Å². The number of nitrogens with one attached hydrogen (secondary N) is 1. The number of aryl methyl sites for hydroxylation is 1. The van der Waals surface area contributed by atoms with Gasteiger partial charge in [-0.05, 0) is 44.0 Å². The Bertz CT molecular complexity index is 1280. The summed E-state index contributed by atoms with van der Waals surface area (Å²) in [5.74, 6) is -0.919. The lowest BCUT2D eigenvalue weighted by atomic mass is 10.0. The van der Waals surface area contributed by atoms with Crippen molar-refractivity contribution in [1.29, 1.82) is 0 Å². The van der Waals surface area contributed by atoms with Crippen LogP contribution in [0.2, 0.25) is 0 Å². The first kappa shape index (κ1) is 19.9. The molecule has 0 bridgehead atoms. The van der Waals surface area contributed by atoms with E-state index in [9.17, 15) is 14.7 Å². The van der Waals surface area contributed by atoms with Crippen LogP contribution in [0.25, 0.3) is 22.1 Å². The fourth-order valence-electron chi connectivity index (χ4n) is 4.50. The zero-order valence-electron chi connectivity index (χ0n) is 17.4. The highest BCUT2D eigenvalue weighted by Gasteiger charge is 2.26. The number of rotatable bonds is 7. The fourth-order valence-corrected chi connectivity index (χ4v) is 4.50. The van der Waals surface area contributed by atoms with Gasteiger partial charge in [0.05, 0.1) is 24.0 Å². The molecule has 0 saturated heterocycles. The quantitative estimate of drug-likeness (QED) is 0.475. The number of carbonyl (C=O) groups is 1. The van der Waals surface area contributed by atoms with E-state index in [-0.39, 0.29) is 18.2 Å². The van der Waals surface area contributed by atoms with Crippen molar-refractivity contribution in [1.82, 2.24) is 19.1 Å². The molecular formula is C23H26N4O3. The minimum atomic E-state index is -0.919. The van der Waals surface area contributed by atoms with Crippen LogP contribution in [0.1, 0.15) is 56.3 Å².